The van der Waals surface area contributed by atoms with E-state index in [2.05, 4.69) is 20.6 Å². The SMILES string of the molecule is CCC(NC(=O)c1ccc2c(c1)CCCN2)c1ncc[nH]1. The first kappa shape index (κ1) is 13.7. The largest absolute Gasteiger partial charge is 0.385 e. The molecule has 5 heteroatoms. The number of aryl methyl sites for hydroxylation is 1. The number of hydrogen-bond donors (Lipinski definition) is 3. The minimum atomic E-state index is -0.0818. The van der Waals surface area contributed by atoms with E-state index < -0.39 is 0 Å². The molecule has 21 heavy (non-hydrogen) atoms. The van der Waals surface area contributed by atoms with Crippen molar-refractivity contribution in [2.75, 3.05) is 11.9 Å². The molecule has 1 aliphatic rings. The molecule has 110 valence electrons. The molecule has 0 saturated carbocycles. The molecule has 3 rings (SSSR count). The third-order valence-corrected chi connectivity index (χ3v) is 3.87. The zero-order valence-electron chi connectivity index (χ0n) is 12.1. The van der Waals surface area contributed by atoms with Gasteiger partial charge >= 0.3 is 0 Å². The van der Waals surface area contributed by atoms with E-state index in [-0.39, 0.29) is 11.9 Å². The van der Waals surface area contributed by atoms with E-state index >= 15 is 0 Å². The highest BCUT2D eigenvalue weighted by Crippen LogP contribution is 2.23. The van der Waals surface area contributed by atoms with Crippen molar-refractivity contribution >= 4 is 11.6 Å². The Morgan fingerprint density at radius 3 is 3.14 bits per heavy atom. The molecule has 1 amide bonds. The van der Waals surface area contributed by atoms with Gasteiger partial charge < -0.3 is 15.6 Å². The summed E-state index contributed by atoms with van der Waals surface area (Å²) >= 11 is 0. The highest BCUT2D eigenvalue weighted by Gasteiger charge is 2.17. The van der Waals surface area contributed by atoms with Crippen LogP contribution in [0.3, 0.4) is 0 Å². The van der Waals surface area contributed by atoms with E-state index in [0.29, 0.717) is 5.56 Å². The first-order valence-electron chi connectivity index (χ1n) is 7.45. The second kappa shape index (κ2) is 5.99. The molecule has 2 aromatic rings. The molecule has 0 radical (unpaired) electrons. The van der Waals surface area contributed by atoms with Crippen LogP contribution in [0.1, 0.15) is 47.6 Å². The molecule has 1 unspecified atom stereocenters. The number of anilines is 1. The Balaban J connectivity index is 1.75. The molecule has 5 nitrogen and oxygen atoms in total. The molecule has 1 aromatic heterocycles. The molecule has 0 spiro atoms. The number of nitrogens with zero attached hydrogens (tertiary/aromatic N) is 1. The van der Waals surface area contributed by atoms with E-state index in [1.165, 1.54) is 5.56 Å². The van der Waals surface area contributed by atoms with Gasteiger partial charge in [0.2, 0.25) is 0 Å². The maximum Gasteiger partial charge on any atom is 0.251 e. The van der Waals surface area contributed by atoms with Gasteiger partial charge in [0.05, 0.1) is 6.04 Å². The van der Waals surface area contributed by atoms with Crippen LogP contribution in [0.5, 0.6) is 0 Å². The van der Waals surface area contributed by atoms with Crippen LogP contribution in [0.15, 0.2) is 30.6 Å². The predicted octanol–water partition coefficient (Wildman–Crippen LogP) is 2.65. The first-order valence-corrected chi connectivity index (χ1v) is 7.45. The predicted molar refractivity (Wildman–Crippen MR) is 82.3 cm³/mol. The molecule has 0 aliphatic carbocycles. The molecule has 0 saturated heterocycles. The summed E-state index contributed by atoms with van der Waals surface area (Å²) in [6, 6.07) is 5.78. The van der Waals surface area contributed by atoms with Crippen LogP contribution >= 0.6 is 0 Å². The number of amides is 1. The van der Waals surface area contributed by atoms with Crippen molar-refractivity contribution in [2.24, 2.45) is 0 Å². The summed E-state index contributed by atoms with van der Waals surface area (Å²) in [6.45, 7) is 3.04. The van der Waals surface area contributed by atoms with Crippen LogP contribution in [-0.4, -0.2) is 22.4 Å². The van der Waals surface area contributed by atoms with Crippen molar-refractivity contribution in [1.82, 2.24) is 15.3 Å². The summed E-state index contributed by atoms with van der Waals surface area (Å²) in [7, 11) is 0. The number of hydrogen-bond acceptors (Lipinski definition) is 3. The van der Waals surface area contributed by atoms with Crippen molar-refractivity contribution < 1.29 is 4.79 Å². The van der Waals surface area contributed by atoms with Gasteiger partial charge in [-0.25, -0.2) is 4.98 Å². The fraction of sp³-hybridized carbons (Fsp3) is 0.375. The van der Waals surface area contributed by atoms with Gasteiger partial charge in [-0.05, 0) is 43.0 Å². The third kappa shape index (κ3) is 2.91. The Hall–Kier alpha value is -2.30. The second-order valence-electron chi connectivity index (χ2n) is 5.31. The van der Waals surface area contributed by atoms with Crippen LogP contribution in [0.2, 0.25) is 0 Å². The lowest BCUT2D eigenvalue weighted by atomic mass is 10.0. The van der Waals surface area contributed by atoms with Gasteiger partial charge in [-0.3, -0.25) is 4.79 Å². The molecule has 1 aromatic carbocycles. The first-order chi connectivity index (χ1) is 10.3. The fourth-order valence-electron chi connectivity index (χ4n) is 2.69. The number of imidazole rings is 1. The molecular formula is C16H20N4O. The minimum Gasteiger partial charge on any atom is -0.385 e. The number of aromatic nitrogens is 2. The Labute approximate surface area is 124 Å². The van der Waals surface area contributed by atoms with Crippen molar-refractivity contribution in [3.8, 4) is 0 Å². The number of aromatic amines is 1. The summed E-state index contributed by atoms with van der Waals surface area (Å²) in [4.78, 5) is 19.7. The lowest BCUT2D eigenvalue weighted by molar-refractivity contribution is 0.0934. The zero-order chi connectivity index (χ0) is 14.7. The molecule has 0 fully saturated rings. The summed E-state index contributed by atoms with van der Waals surface area (Å²) in [5.74, 6) is 0.747. The number of H-pyrrole nitrogens is 1. The second-order valence-corrected chi connectivity index (χ2v) is 5.31. The van der Waals surface area contributed by atoms with Crippen molar-refractivity contribution in [2.45, 2.75) is 32.2 Å². The van der Waals surface area contributed by atoms with Crippen LogP contribution in [0.4, 0.5) is 5.69 Å². The van der Waals surface area contributed by atoms with Gasteiger partial charge in [-0.15, -0.1) is 0 Å². The maximum absolute atomic E-state index is 12.4. The van der Waals surface area contributed by atoms with Gasteiger partial charge in [-0.2, -0.15) is 0 Å². The molecule has 0 bridgehead atoms. The van der Waals surface area contributed by atoms with E-state index in [1.807, 2.05) is 25.1 Å². The number of carbonyl (C=O) groups is 1. The van der Waals surface area contributed by atoms with Gasteiger partial charge in [-0.1, -0.05) is 6.92 Å². The van der Waals surface area contributed by atoms with E-state index in [1.54, 1.807) is 12.4 Å². The maximum atomic E-state index is 12.4. The molecule has 1 atom stereocenters. The summed E-state index contributed by atoms with van der Waals surface area (Å²) in [5.41, 5.74) is 3.08. The summed E-state index contributed by atoms with van der Waals surface area (Å²) in [6.07, 6.45) is 6.41. The fourth-order valence-corrected chi connectivity index (χ4v) is 2.69. The lowest BCUT2D eigenvalue weighted by Gasteiger charge is -2.19. The highest BCUT2D eigenvalue weighted by atomic mass is 16.1. The van der Waals surface area contributed by atoms with Gasteiger partial charge in [0.1, 0.15) is 5.82 Å². The normalized spacial score (nSPS) is 14.9. The van der Waals surface area contributed by atoms with Gasteiger partial charge in [0, 0.05) is 30.2 Å². The average Bonchev–Trinajstić information content (AvgIpc) is 3.06. The van der Waals surface area contributed by atoms with E-state index in [4.69, 9.17) is 0 Å². The van der Waals surface area contributed by atoms with Crippen molar-refractivity contribution in [1.29, 1.82) is 0 Å². The summed E-state index contributed by atoms with van der Waals surface area (Å²) < 4.78 is 0. The quantitative estimate of drug-likeness (QED) is 0.808. The number of carbonyl (C=O) groups excluding carboxylic acids is 1. The third-order valence-electron chi connectivity index (χ3n) is 3.87. The standard InChI is InChI=1S/C16H20N4O/c1-2-13(15-18-8-9-19-15)20-16(21)12-5-6-14-11(10-12)4-3-7-17-14/h5-6,8-10,13,17H,2-4,7H2,1H3,(H,18,19)(H,20,21). The minimum absolute atomic E-state index is 0.0494. The number of fused-ring (bicyclic) bond motifs is 1. The Morgan fingerprint density at radius 1 is 1.48 bits per heavy atom. The molecule has 2 heterocycles. The van der Waals surface area contributed by atoms with Crippen molar-refractivity contribution in [3.63, 3.8) is 0 Å². The van der Waals surface area contributed by atoms with Crippen molar-refractivity contribution in [3.05, 3.63) is 47.5 Å². The monoisotopic (exact) mass is 284 g/mol. The molecule has 1 aliphatic heterocycles. The highest BCUT2D eigenvalue weighted by molar-refractivity contribution is 5.95. The number of nitrogens with one attached hydrogen (secondary N) is 3. The topological polar surface area (TPSA) is 69.8 Å². The van der Waals surface area contributed by atoms with Crippen LogP contribution in [0.25, 0.3) is 0 Å². The molecule has 3 N–H and O–H groups in total. The smallest absolute Gasteiger partial charge is 0.251 e. The number of rotatable bonds is 4. The lowest BCUT2D eigenvalue weighted by Crippen LogP contribution is -2.29. The Kier molecular flexibility index (Phi) is 3.90. The van der Waals surface area contributed by atoms with Gasteiger partial charge in [0.15, 0.2) is 0 Å². The summed E-state index contributed by atoms with van der Waals surface area (Å²) in [5, 5.41) is 6.40. The zero-order valence-corrected chi connectivity index (χ0v) is 12.1. The Morgan fingerprint density at radius 2 is 2.38 bits per heavy atom. The number of benzene rings is 1. The van der Waals surface area contributed by atoms with E-state index in [0.717, 1.165) is 37.3 Å². The van der Waals surface area contributed by atoms with Crippen LogP contribution < -0.4 is 10.6 Å². The van der Waals surface area contributed by atoms with Crippen LogP contribution in [-0.2, 0) is 6.42 Å². The Bertz CT molecular complexity index is 621. The van der Waals surface area contributed by atoms with Gasteiger partial charge in [0.25, 0.3) is 5.91 Å². The average molecular weight is 284 g/mol. The van der Waals surface area contributed by atoms with E-state index in [9.17, 15) is 4.79 Å². The molecular weight excluding hydrogens is 264 g/mol. The van der Waals surface area contributed by atoms with Crippen LogP contribution in [0, 0.1) is 0 Å².